The second kappa shape index (κ2) is 5.88. The third-order valence-corrected chi connectivity index (χ3v) is 2.06. The van der Waals surface area contributed by atoms with Crippen LogP contribution in [0.15, 0.2) is 6.07 Å². The lowest BCUT2D eigenvalue weighted by Crippen LogP contribution is -2.19. The number of hydrogen-bond donors (Lipinski definition) is 1. The van der Waals surface area contributed by atoms with E-state index in [9.17, 15) is 31.9 Å². The van der Waals surface area contributed by atoms with Crippen molar-refractivity contribution in [3.63, 3.8) is 0 Å². The van der Waals surface area contributed by atoms with Gasteiger partial charge in [-0.15, -0.1) is 13.2 Å². The average Bonchev–Trinajstić information content (AvgIpc) is 2.31. The van der Waals surface area contributed by atoms with Gasteiger partial charge in [0.2, 0.25) is 0 Å². The minimum Gasteiger partial charge on any atom is -0.503 e. The van der Waals surface area contributed by atoms with E-state index in [2.05, 4.69) is 14.5 Å². The van der Waals surface area contributed by atoms with E-state index in [1.54, 1.807) is 0 Å². The van der Waals surface area contributed by atoms with Crippen LogP contribution in [0.5, 0.6) is 11.6 Å². The van der Waals surface area contributed by atoms with Crippen LogP contribution in [0.3, 0.4) is 0 Å². The van der Waals surface area contributed by atoms with Crippen LogP contribution in [0.2, 0.25) is 0 Å². The summed E-state index contributed by atoms with van der Waals surface area (Å²) in [7, 11) is 0.988. The molecule has 1 rings (SSSR count). The van der Waals surface area contributed by atoms with Crippen molar-refractivity contribution in [3.8, 4) is 11.6 Å². The van der Waals surface area contributed by atoms with Crippen molar-refractivity contribution in [1.82, 2.24) is 4.98 Å². The molecule has 0 bridgehead atoms. The Morgan fingerprint density at radius 2 is 2.05 bits per heavy atom. The Hall–Kier alpha value is -2.13. The fourth-order valence-electron chi connectivity index (χ4n) is 1.24. The number of nitrogens with zero attached hydrogens (tertiary/aromatic N) is 1. The summed E-state index contributed by atoms with van der Waals surface area (Å²) in [6, 6.07) is 0.597. The largest absolute Gasteiger partial charge is 0.574 e. The smallest absolute Gasteiger partial charge is 0.503 e. The monoisotopic (exact) mass is 301 g/mol. The summed E-state index contributed by atoms with van der Waals surface area (Å²) in [5.41, 5.74) is -1.58. The molecule has 0 amide bonds. The Balaban J connectivity index is 3.25. The molecule has 5 nitrogen and oxygen atoms in total. The molecule has 0 spiro atoms. The maximum atomic E-state index is 12.5. The molecule has 112 valence electrons. The summed E-state index contributed by atoms with van der Waals surface area (Å²) in [5, 5.41) is 9.46. The maximum absolute atomic E-state index is 12.5. The molecule has 0 unspecified atom stereocenters. The number of carbonyl (C=O) groups is 1. The third-order valence-electron chi connectivity index (χ3n) is 2.06. The molecule has 1 aromatic rings. The number of ether oxygens (including phenoxy) is 2. The van der Waals surface area contributed by atoms with Crippen LogP contribution in [-0.2, 0) is 16.0 Å². The Bertz CT molecular complexity index is 503. The van der Waals surface area contributed by atoms with E-state index in [1.807, 2.05) is 0 Å². The maximum Gasteiger partial charge on any atom is 0.574 e. The van der Waals surface area contributed by atoms with Crippen LogP contribution in [0, 0.1) is 0 Å². The van der Waals surface area contributed by atoms with E-state index >= 15 is 0 Å². The van der Waals surface area contributed by atoms with Gasteiger partial charge in [0.15, 0.2) is 5.75 Å². The van der Waals surface area contributed by atoms with Gasteiger partial charge in [-0.05, 0) is 6.07 Å². The van der Waals surface area contributed by atoms with Gasteiger partial charge in [-0.1, -0.05) is 0 Å². The van der Waals surface area contributed by atoms with E-state index in [4.69, 9.17) is 0 Å². The van der Waals surface area contributed by atoms with E-state index in [0.29, 0.717) is 6.07 Å². The zero-order chi connectivity index (χ0) is 15.5. The van der Waals surface area contributed by atoms with E-state index < -0.39 is 48.1 Å². The van der Waals surface area contributed by atoms with Crippen molar-refractivity contribution in [1.29, 1.82) is 0 Å². The highest BCUT2D eigenvalue weighted by Crippen LogP contribution is 2.35. The Morgan fingerprint density at radius 3 is 2.50 bits per heavy atom. The molecule has 0 aliphatic rings. The van der Waals surface area contributed by atoms with Crippen LogP contribution in [0.4, 0.5) is 22.0 Å². The van der Waals surface area contributed by atoms with Gasteiger partial charge in [0.05, 0.1) is 13.5 Å². The highest BCUT2D eigenvalue weighted by molar-refractivity contribution is 5.73. The first-order chi connectivity index (χ1) is 9.14. The van der Waals surface area contributed by atoms with E-state index in [-0.39, 0.29) is 0 Å². The molecule has 0 fully saturated rings. The van der Waals surface area contributed by atoms with Crippen LogP contribution < -0.4 is 4.74 Å². The van der Waals surface area contributed by atoms with E-state index in [0.717, 1.165) is 7.11 Å². The minimum atomic E-state index is -5.23. The lowest BCUT2D eigenvalue weighted by Gasteiger charge is -2.13. The molecule has 0 aliphatic heterocycles. The molecular formula is C10H8F5NO4. The molecule has 0 atom stereocenters. The van der Waals surface area contributed by atoms with Crippen molar-refractivity contribution in [2.45, 2.75) is 19.2 Å². The topological polar surface area (TPSA) is 68.7 Å². The number of pyridine rings is 1. The number of alkyl halides is 5. The zero-order valence-electron chi connectivity index (χ0n) is 9.87. The number of methoxy groups -OCH3 is 1. The second-order valence-electron chi connectivity index (χ2n) is 3.46. The van der Waals surface area contributed by atoms with Gasteiger partial charge in [0, 0.05) is 5.56 Å². The summed E-state index contributed by atoms with van der Waals surface area (Å²) in [6.07, 6.45) is -9.14. The lowest BCUT2D eigenvalue weighted by molar-refractivity contribution is -0.276. The Kier molecular flexibility index (Phi) is 4.69. The molecule has 20 heavy (non-hydrogen) atoms. The summed E-state index contributed by atoms with van der Waals surface area (Å²) in [5.74, 6) is -3.55. The average molecular weight is 301 g/mol. The first-order valence-corrected chi connectivity index (χ1v) is 4.97. The third kappa shape index (κ3) is 4.21. The normalized spacial score (nSPS) is 11.6. The fraction of sp³-hybridized carbons (Fsp3) is 0.400. The van der Waals surface area contributed by atoms with Crippen LogP contribution in [0.1, 0.15) is 17.7 Å². The van der Waals surface area contributed by atoms with Crippen LogP contribution >= 0.6 is 0 Å². The van der Waals surface area contributed by atoms with Crippen molar-refractivity contribution < 1.29 is 41.3 Å². The van der Waals surface area contributed by atoms with Crippen molar-refractivity contribution in [3.05, 3.63) is 17.3 Å². The van der Waals surface area contributed by atoms with Crippen LogP contribution in [0.25, 0.3) is 0 Å². The van der Waals surface area contributed by atoms with Gasteiger partial charge >= 0.3 is 12.3 Å². The molecule has 1 heterocycles. The van der Waals surface area contributed by atoms with Gasteiger partial charge in [0.1, 0.15) is 5.69 Å². The number of esters is 1. The SMILES string of the molecule is COC(=O)Cc1cc(C(F)F)nc(OC(F)(F)F)c1O. The highest BCUT2D eigenvalue weighted by atomic mass is 19.4. The second-order valence-corrected chi connectivity index (χ2v) is 3.46. The summed E-state index contributed by atoms with van der Waals surface area (Å²) < 4.78 is 68.8. The first kappa shape index (κ1) is 15.9. The molecular weight excluding hydrogens is 293 g/mol. The zero-order valence-corrected chi connectivity index (χ0v) is 9.87. The first-order valence-electron chi connectivity index (χ1n) is 4.97. The molecule has 10 heteroatoms. The van der Waals surface area contributed by atoms with Crippen LogP contribution in [-0.4, -0.2) is 29.5 Å². The lowest BCUT2D eigenvalue weighted by atomic mass is 10.1. The number of aromatic nitrogens is 1. The number of hydrogen-bond acceptors (Lipinski definition) is 5. The number of aromatic hydroxyl groups is 1. The van der Waals surface area contributed by atoms with Crippen molar-refractivity contribution in [2.24, 2.45) is 0 Å². The minimum absolute atomic E-state index is 0.513. The van der Waals surface area contributed by atoms with Gasteiger partial charge < -0.3 is 14.6 Å². The fourth-order valence-corrected chi connectivity index (χ4v) is 1.24. The Morgan fingerprint density at radius 1 is 1.45 bits per heavy atom. The van der Waals surface area contributed by atoms with Gasteiger partial charge in [-0.2, -0.15) is 0 Å². The predicted molar refractivity (Wildman–Crippen MR) is 53.3 cm³/mol. The van der Waals surface area contributed by atoms with Gasteiger partial charge in [-0.25, -0.2) is 13.8 Å². The molecule has 0 saturated carbocycles. The number of rotatable bonds is 4. The van der Waals surface area contributed by atoms with Gasteiger partial charge in [0.25, 0.3) is 12.3 Å². The standard InChI is InChI=1S/C10H8F5NO4/c1-19-6(17)3-4-2-5(8(11)12)16-9(7(4)18)20-10(13,14)15/h2,8,18H,3H2,1H3. The number of halogens is 5. The van der Waals surface area contributed by atoms with E-state index in [1.165, 1.54) is 0 Å². The molecule has 0 radical (unpaired) electrons. The molecule has 0 aliphatic carbocycles. The Labute approximate surface area is 108 Å². The summed E-state index contributed by atoms with van der Waals surface area (Å²) in [4.78, 5) is 13.9. The summed E-state index contributed by atoms with van der Waals surface area (Å²) >= 11 is 0. The molecule has 0 saturated heterocycles. The molecule has 0 aromatic carbocycles. The van der Waals surface area contributed by atoms with Crippen molar-refractivity contribution >= 4 is 5.97 Å². The molecule has 1 N–H and O–H groups in total. The number of carbonyl (C=O) groups excluding carboxylic acids is 1. The predicted octanol–water partition coefficient (Wildman–Crippen LogP) is 2.34. The van der Waals surface area contributed by atoms with Crippen molar-refractivity contribution in [2.75, 3.05) is 7.11 Å². The van der Waals surface area contributed by atoms with Gasteiger partial charge in [-0.3, -0.25) is 4.79 Å². The molecule has 1 aromatic heterocycles. The summed E-state index contributed by atoms with van der Waals surface area (Å²) in [6.45, 7) is 0. The quantitative estimate of drug-likeness (QED) is 0.683. The highest BCUT2D eigenvalue weighted by Gasteiger charge is 2.34.